The van der Waals surface area contributed by atoms with E-state index in [2.05, 4.69) is 0 Å². The summed E-state index contributed by atoms with van der Waals surface area (Å²) < 4.78 is 14.3. The van der Waals surface area contributed by atoms with Gasteiger partial charge < -0.3 is 15.7 Å². The van der Waals surface area contributed by atoms with Crippen molar-refractivity contribution in [2.24, 2.45) is 5.73 Å². The fourth-order valence-corrected chi connectivity index (χ4v) is 2.72. The zero-order valence-electron chi connectivity index (χ0n) is 11.5. The third kappa shape index (κ3) is 3.25. The Morgan fingerprint density at radius 2 is 2.21 bits per heavy atom. The average molecular weight is 266 g/mol. The third-order valence-electron chi connectivity index (χ3n) is 3.89. The van der Waals surface area contributed by atoms with Gasteiger partial charge in [0.1, 0.15) is 5.82 Å². The molecule has 19 heavy (non-hydrogen) atoms. The third-order valence-corrected chi connectivity index (χ3v) is 3.89. The van der Waals surface area contributed by atoms with Gasteiger partial charge >= 0.3 is 0 Å². The van der Waals surface area contributed by atoms with E-state index in [0.29, 0.717) is 5.69 Å². The first-order valence-corrected chi connectivity index (χ1v) is 7.06. The first kappa shape index (κ1) is 14.3. The molecular formula is C15H23FN2O. The Kier molecular flexibility index (Phi) is 4.77. The van der Waals surface area contributed by atoms with Crippen LogP contribution in [-0.4, -0.2) is 24.3 Å². The topological polar surface area (TPSA) is 49.5 Å². The second-order valence-corrected chi connectivity index (χ2v) is 5.38. The summed E-state index contributed by atoms with van der Waals surface area (Å²) in [4.78, 5) is 2.01. The molecule has 106 valence electrons. The number of hydrogen-bond acceptors (Lipinski definition) is 3. The zero-order valence-corrected chi connectivity index (χ0v) is 11.5. The standard InChI is InChI=1S/C15H23FN2O/c1-11(17)12-6-7-15(14(16)9-12)18-8-4-2-3-5-13(18)10-19/h6-7,9,11,13,19H,2-5,8,10,17H2,1H3/t11-,13?/m1/s1. The Morgan fingerprint density at radius 1 is 1.42 bits per heavy atom. The van der Waals surface area contributed by atoms with Crippen LogP contribution in [-0.2, 0) is 0 Å². The molecule has 3 N–H and O–H groups in total. The molecule has 0 aromatic heterocycles. The number of nitrogens with zero attached hydrogens (tertiary/aromatic N) is 1. The van der Waals surface area contributed by atoms with Crippen molar-refractivity contribution in [1.82, 2.24) is 0 Å². The van der Waals surface area contributed by atoms with Crippen LogP contribution in [0.25, 0.3) is 0 Å². The van der Waals surface area contributed by atoms with Crippen molar-refractivity contribution in [2.45, 2.75) is 44.7 Å². The minimum absolute atomic E-state index is 0.0261. The van der Waals surface area contributed by atoms with E-state index in [1.807, 2.05) is 17.9 Å². The highest BCUT2D eigenvalue weighted by Gasteiger charge is 2.23. The number of aliphatic hydroxyl groups is 1. The molecule has 1 aliphatic heterocycles. The number of hydrogen-bond donors (Lipinski definition) is 2. The van der Waals surface area contributed by atoms with Crippen molar-refractivity contribution in [3.8, 4) is 0 Å². The highest BCUT2D eigenvalue weighted by molar-refractivity contribution is 5.50. The van der Waals surface area contributed by atoms with E-state index in [9.17, 15) is 9.50 Å². The molecule has 1 fully saturated rings. The normalized spacial score (nSPS) is 22.1. The first-order valence-electron chi connectivity index (χ1n) is 7.06. The molecule has 2 atom stereocenters. The molecule has 3 nitrogen and oxygen atoms in total. The van der Waals surface area contributed by atoms with Gasteiger partial charge in [0.25, 0.3) is 0 Å². The van der Waals surface area contributed by atoms with Gasteiger partial charge in [-0.3, -0.25) is 0 Å². The molecule has 0 bridgehead atoms. The lowest BCUT2D eigenvalue weighted by molar-refractivity contribution is 0.254. The van der Waals surface area contributed by atoms with Crippen molar-refractivity contribution in [1.29, 1.82) is 0 Å². The molecule has 4 heteroatoms. The lowest BCUT2D eigenvalue weighted by atomic mass is 10.1. The Bertz CT molecular complexity index is 423. The Morgan fingerprint density at radius 3 is 2.84 bits per heavy atom. The second-order valence-electron chi connectivity index (χ2n) is 5.38. The molecule has 0 saturated carbocycles. The fraction of sp³-hybridized carbons (Fsp3) is 0.600. The number of rotatable bonds is 3. The maximum atomic E-state index is 14.3. The summed E-state index contributed by atoms with van der Waals surface area (Å²) in [6, 6.07) is 5.04. The molecule has 0 radical (unpaired) electrons. The Hall–Kier alpha value is -1.13. The summed E-state index contributed by atoms with van der Waals surface area (Å²) in [5.41, 5.74) is 7.16. The molecule has 0 amide bonds. The van der Waals surface area contributed by atoms with E-state index in [4.69, 9.17) is 5.73 Å². The number of benzene rings is 1. The van der Waals surface area contributed by atoms with Crippen LogP contribution in [0.5, 0.6) is 0 Å². The van der Waals surface area contributed by atoms with Crippen LogP contribution in [0.4, 0.5) is 10.1 Å². The van der Waals surface area contributed by atoms with Gasteiger partial charge in [-0.2, -0.15) is 0 Å². The summed E-state index contributed by atoms with van der Waals surface area (Å²) in [5, 5.41) is 9.50. The van der Waals surface area contributed by atoms with E-state index in [-0.39, 0.29) is 24.5 Å². The van der Waals surface area contributed by atoms with E-state index >= 15 is 0 Å². The van der Waals surface area contributed by atoms with Crippen molar-refractivity contribution < 1.29 is 9.50 Å². The van der Waals surface area contributed by atoms with Crippen LogP contribution in [0.3, 0.4) is 0 Å². The van der Waals surface area contributed by atoms with Crippen molar-refractivity contribution in [2.75, 3.05) is 18.1 Å². The van der Waals surface area contributed by atoms with Crippen LogP contribution in [0.2, 0.25) is 0 Å². The number of aliphatic hydroxyl groups excluding tert-OH is 1. The molecule has 0 spiro atoms. The number of anilines is 1. The van der Waals surface area contributed by atoms with Crippen LogP contribution in [0.15, 0.2) is 18.2 Å². The molecule has 0 aliphatic carbocycles. The number of halogens is 1. The molecule has 1 heterocycles. The molecular weight excluding hydrogens is 243 g/mol. The molecule has 1 unspecified atom stereocenters. The molecule has 1 aromatic carbocycles. The van der Waals surface area contributed by atoms with Crippen LogP contribution in [0.1, 0.15) is 44.2 Å². The first-order chi connectivity index (χ1) is 9.13. The lowest BCUT2D eigenvalue weighted by Crippen LogP contribution is -2.38. The van der Waals surface area contributed by atoms with E-state index in [1.54, 1.807) is 6.07 Å². The van der Waals surface area contributed by atoms with Gasteiger partial charge in [-0.15, -0.1) is 0 Å². The summed E-state index contributed by atoms with van der Waals surface area (Å²) in [5.74, 6) is -0.241. The molecule has 1 aliphatic rings. The van der Waals surface area contributed by atoms with E-state index < -0.39 is 0 Å². The van der Waals surface area contributed by atoms with Crippen molar-refractivity contribution in [3.05, 3.63) is 29.6 Å². The van der Waals surface area contributed by atoms with Gasteiger partial charge in [-0.05, 0) is 37.5 Å². The van der Waals surface area contributed by atoms with E-state index in [0.717, 1.165) is 37.8 Å². The molecule has 2 rings (SSSR count). The van der Waals surface area contributed by atoms with Crippen LogP contribution < -0.4 is 10.6 Å². The molecule has 1 aromatic rings. The Balaban J connectivity index is 2.28. The van der Waals surface area contributed by atoms with E-state index in [1.165, 1.54) is 6.07 Å². The summed E-state index contributed by atoms with van der Waals surface area (Å²) in [7, 11) is 0. The smallest absolute Gasteiger partial charge is 0.146 e. The minimum atomic E-state index is -0.241. The number of nitrogens with two attached hydrogens (primary N) is 1. The SMILES string of the molecule is C[C@@H](N)c1ccc(N2CCCCCC2CO)c(F)c1. The highest BCUT2D eigenvalue weighted by Crippen LogP contribution is 2.28. The summed E-state index contributed by atoms with van der Waals surface area (Å²) in [6.45, 7) is 2.73. The minimum Gasteiger partial charge on any atom is -0.394 e. The van der Waals surface area contributed by atoms with Crippen molar-refractivity contribution >= 4 is 5.69 Å². The van der Waals surface area contributed by atoms with Gasteiger partial charge in [-0.1, -0.05) is 18.9 Å². The zero-order chi connectivity index (χ0) is 13.8. The lowest BCUT2D eigenvalue weighted by Gasteiger charge is -2.31. The maximum Gasteiger partial charge on any atom is 0.146 e. The van der Waals surface area contributed by atoms with Gasteiger partial charge in [0.05, 0.1) is 18.3 Å². The summed E-state index contributed by atoms with van der Waals surface area (Å²) in [6.07, 6.45) is 4.21. The van der Waals surface area contributed by atoms with Crippen LogP contribution in [0, 0.1) is 5.82 Å². The largest absolute Gasteiger partial charge is 0.394 e. The second kappa shape index (κ2) is 6.35. The average Bonchev–Trinajstić information content (AvgIpc) is 2.63. The molecule has 1 saturated heterocycles. The predicted octanol–water partition coefficient (Wildman–Crippen LogP) is 2.59. The predicted molar refractivity (Wildman–Crippen MR) is 75.7 cm³/mol. The highest BCUT2D eigenvalue weighted by atomic mass is 19.1. The summed E-state index contributed by atoms with van der Waals surface area (Å²) >= 11 is 0. The monoisotopic (exact) mass is 266 g/mol. The Labute approximate surface area is 114 Å². The fourth-order valence-electron chi connectivity index (χ4n) is 2.72. The quantitative estimate of drug-likeness (QED) is 0.884. The van der Waals surface area contributed by atoms with Crippen LogP contribution >= 0.6 is 0 Å². The van der Waals surface area contributed by atoms with Gasteiger partial charge in [-0.25, -0.2) is 4.39 Å². The van der Waals surface area contributed by atoms with Gasteiger partial charge in [0, 0.05) is 12.6 Å². The van der Waals surface area contributed by atoms with Gasteiger partial charge in [0.2, 0.25) is 0 Å². The van der Waals surface area contributed by atoms with Crippen molar-refractivity contribution in [3.63, 3.8) is 0 Å². The van der Waals surface area contributed by atoms with Gasteiger partial charge in [0.15, 0.2) is 0 Å². The maximum absolute atomic E-state index is 14.3.